The van der Waals surface area contributed by atoms with Crippen molar-refractivity contribution in [2.75, 3.05) is 13.1 Å². The van der Waals surface area contributed by atoms with E-state index >= 15 is 0 Å². The normalized spacial score (nSPS) is 23.5. The summed E-state index contributed by atoms with van der Waals surface area (Å²) in [6.07, 6.45) is -0.469. The summed E-state index contributed by atoms with van der Waals surface area (Å²) in [5.41, 5.74) is 0. The molecule has 0 aromatic heterocycles. The molecule has 0 aromatic carbocycles. The van der Waals surface area contributed by atoms with Gasteiger partial charge in [0, 0.05) is 6.54 Å². The van der Waals surface area contributed by atoms with Crippen LogP contribution in [0.3, 0.4) is 0 Å². The van der Waals surface area contributed by atoms with Crippen molar-refractivity contribution in [1.82, 2.24) is 15.1 Å². The van der Waals surface area contributed by atoms with Crippen LogP contribution in [-0.4, -0.2) is 45.8 Å². The summed E-state index contributed by atoms with van der Waals surface area (Å²) in [5.74, 6) is -0.475. The van der Waals surface area contributed by atoms with E-state index in [4.69, 9.17) is 16.9 Å². The number of amides is 2. The predicted octanol–water partition coefficient (Wildman–Crippen LogP) is -0.319. The molecule has 7 nitrogen and oxygen atoms in total. The van der Waals surface area contributed by atoms with Gasteiger partial charge >= 0.3 is 6.09 Å². The number of nitrogens with one attached hydrogen (secondary N) is 2. The molecule has 1 rings (SSSR count). The first-order valence-corrected chi connectivity index (χ1v) is 7.48. The fourth-order valence-electron chi connectivity index (χ4n) is 1.25. The summed E-state index contributed by atoms with van der Waals surface area (Å²) >= 11 is 4.91. The lowest BCUT2D eigenvalue weighted by Gasteiger charge is -2.42. The number of carboxylic acid groups (broad SMARTS) is 1. The van der Waals surface area contributed by atoms with Crippen LogP contribution in [0.15, 0.2) is 0 Å². The molecule has 2 amide bonds. The van der Waals surface area contributed by atoms with Gasteiger partial charge in [0.15, 0.2) is 0 Å². The third-order valence-corrected chi connectivity index (χ3v) is 4.73. The molecular formula is C7H14N3O4PS. The van der Waals surface area contributed by atoms with E-state index in [9.17, 15) is 14.5 Å². The minimum atomic E-state index is -3.02. The fourth-order valence-corrected chi connectivity index (χ4v) is 3.44. The van der Waals surface area contributed by atoms with Crippen molar-refractivity contribution in [3.8, 4) is 0 Å². The lowest BCUT2D eigenvalue weighted by Crippen LogP contribution is -2.62. The Hall–Kier alpha value is -0.690. The van der Waals surface area contributed by atoms with Gasteiger partial charge in [-0.3, -0.25) is 14.6 Å². The maximum absolute atomic E-state index is 11.5. The molecule has 0 aliphatic carbocycles. The van der Waals surface area contributed by atoms with E-state index in [0.29, 0.717) is 6.54 Å². The Morgan fingerprint density at radius 2 is 2.38 bits per heavy atom. The highest BCUT2D eigenvalue weighted by atomic mass is 32.4. The Bertz CT molecular complexity index is 351. The number of nitrogens with zero attached hydrogens (tertiary/aromatic N) is 1. The SMILES string of the molecule is CCCNP(O)(=S)N1C[C@H](NC(=O)O)C1=O. The number of β-lactam (4-membered cyclic amide) rings is 1. The topological polar surface area (TPSA) is 102 Å². The molecule has 0 spiro atoms. The molecule has 0 saturated carbocycles. The maximum atomic E-state index is 11.5. The highest BCUT2D eigenvalue weighted by Crippen LogP contribution is 2.44. The molecule has 0 bridgehead atoms. The van der Waals surface area contributed by atoms with E-state index in [0.717, 1.165) is 11.1 Å². The van der Waals surface area contributed by atoms with Crippen LogP contribution in [-0.2, 0) is 16.6 Å². The molecular weight excluding hydrogens is 253 g/mol. The van der Waals surface area contributed by atoms with E-state index in [1.165, 1.54) is 0 Å². The summed E-state index contributed by atoms with van der Waals surface area (Å²) in [6, 6.07) is -0.782. The van der Waals surface area contributed by atoms with E-state index in [-0.39, 0.29) is 6.54 Å². The van der Waals surface area contributed by atoms with Gasteiger partial charge in [-0.25, -0.2) is 4.79 Å². The second-order valence-corrected chi connectivity index (χ2v) is 6.79. The molecule has 16 heavy (non-hydrogen) atoms. The number of rotatable bonds is 5. The first kappa shape index (κ1) is 13.4. The number of hydrogen-bond donors (Lipinski definition) is 4. The Balaban J connectivity index is 2.51. The largest absolute Gasteiger partial charge is 0.465 e. The van der Waals surface area contributed by atoms with Gasteiger partial charge in [-0.15, -0.1) is 0 Å². The number of carbonyl (C=O) groups is 2. The highest BCUT2D eigenvalue weighted by Gasteiger charge is 2.44. The second-order valence-electron chi connectivity index (χ2n) is 3.37. The van der Waals surface area contributed by atoms with Gasteiger partial charge in [-0.05, 0) is 18.2 Å². The Morgan fingerprint density at radius 1 is 1.75 bits per heavy atom. The van der Waals surface area contributed by atoms with Crippen molar-refractivity contribution in [3.05, 3.63) is 0 Å². The highest BCUT2D eigenvalue weighted by molar-refractivity contribution is 8.10. The first-order chi connectivity index (χ1) is 7.38. The van der Waals surface area contributed by atoms with Gasteiger partial charge in [0.2, 0.25) is 6.57 Å². The van der Waals surface area contributed by atoms with Gasteiger partial charge in [0.1, 0.15) is 6.04 Å². The van der Waals surface area contributed by atoms with Crippen molar-refractivity contribution in [2.24, 2.45) is 0 Å². The quantitative estimate of drug-likeness (QED) is 0.402. The van der Waals surface area contributed by atoms with Crippen LogP contribution in [0.2, 0.25) is 0 Å². The average Bonchev–Trinajstić information content (AvgIpc) is 2.19. The van der Waals surface area contributed by atoms with Crippen LogP contribution in [0, 0.1) is 0 Å². The number of hydrogen-bond acceptors (Lipinski definition) is 3. The molecule has 4 N–H and O–H groups in total. The zero-order valence-electron chi connectivity index (χ0n) is 8.71. The van der Waals surface area contributed by atoms with Gasteiger partial charge < -0.3 is 15.3 Å². The standard InChI is InChI=1S/C7H14N3O4PS/c1-2-3-8-15(14,16)10-4-5(6(10)11)9-7(12)13/h5,9H,2-4H2,1H3,(H,12,13)(H2,8,14,16)/t5-,15?/m0/s1. The van der Waals surface area contributed by atoms with E-state index in [1.54, 1.807) is 0 Å². The zero-order valence-corrected chi connectivity index (χ0v) is 10.4. The van der Waals surface area contributed by atoms with Gasteiger partial charge in [0.05, 0.1) is 6.54 Å². The van der Waals surface area contributed by atoms with Gasteiger partial charge in [-0.1, -0.05) is 6.92 Å². The van der Waals surface area contributed by atoms with Crippen molar-refractivity contribution < 1.29 is 19.6 Å². The molecule has 1 heterocycles. The van der Waals surface area contributed by atoms with Gasteiger partial charge in [-0.2, -0.15) is 0 Å². The van der Waals surface area contributed by atoms with Crippen LogP contribution >= 0.6 is 6.57 Å². The molecule has 92 valence electrons. The van der Waals surface area contributed by atoms with Crippen LogP contribution < -0.4 is 10.4 Å². The Labute approximate surface area is 98.0 Å². The maximum Gasteiger partial charge on any atom is 0.405 e. The lowest BCUT2D eigenvalue weighted by atomic mass is 10.2. The Kier molecular flexibility index (Phi) is 4.26. The molecule has 0 aromatic rings. The third kappa shape index (κ3) is 2.91. The molecule has 2 atom stereocenters. The molecule has 1 fully saturated rings. The minimum absolute atomic E-state index is 0.121. The summed E-state index contributed by atoms with van der Waals surface area (Å²) < 4.78 is 1.12. The van der Waals surface area contributed by atoms with Crippen molar-refractivity contribution >= 4 is 30.4 Å². The van der Waals surface area contributed by atoms with Crippen molar-refractivity contribution in [3.63, 3.8) is 0 Å². The smallest absolute Gasteiger partial charge is 0.405 e. The minimum Gasteiger partial charge on any atom is -0.465 e. The third-order valence-electron chi connectivity index (χ3n) is 2.10. The van der Waals surface area contributed by atoms with Crippen LogP contribution in [0.5, 0.6) is 0 Å². The molecule has 9 heteroatoms. The average molecular weight is 267 g/mol. The summed E-state index contributed by atoms with van der Waals surface area (Å²) in [6.45, 7) is -0.461. The second kappa shape index (κ2) is 5.09. The number of carbonyl (C=O) groups excluding carboxylic acids is 1. The molecule has 0 radical (unpaired) electrons. The fraction of sp³-hybridized carbons (Fsp3) is 0.714. The zero-order chi connectivity index (χ0) is 12.3. The monoisotopic (exact) mass is 267 g/mol. The predicted molar refractivity (Wildman–Crippen MR) is 61.5 cm³/mol. The van der Waals surface area contributed by atoms with Crippen molar-refractivity contribution in [1.29, 1.82) is 0 Å². The molecule has 1 aliphatic rings. The lowest BCUT2D eigenvalue weighted by molar-refractivity contribution is -0.136. The van der Waals surface area contributed by atoms with E-state index < -0.39 is 24.6 Å². The summed E-state index contributed by atoms with van der Waals surface area (Å²) in [7, 11) is 0. The van der Waals surface area contributed by atoms with Crippen LogP contribution in [0.25, 0.3) is 0 Å². The molecule has 1 saturated heterocycles. The van der Waals surface area contributed by atoms with Crippen molar-refractivity contribution in [2.45, 2.75) is 19.4 Å². The molecule has 1 unspecified atom stereocenters. The van der Waals surface area contributed by atoms with Gasteiger partial charge in [0.25, 0.3) is 5.91 Å². The van der Waals surface area contributed by atoms with E-state index in [1.807, 2.05) is 12.2 Å². The Morgan fingerprint density at radius 3 is 2.81 bits per heavy atom. The van der Waals surface area contributed by atoms with Crippen LogP contribution in [0.4, 0.5) is 4.79 Å². The van der Waals surface area contributed by atoms with E-state index in [2.05, 4.69) is 5.09 Å². The summed E-state index contributed by atoms with van der Waals surface area (Å²) in [5, 5.41) is 13.2. The van der Waals surface area contributed by atoms with Crippen LogP contribution in [0.1, 0.15) is 13.3 Å². The summed E-state index contributed by atoms with van der Waals surface area (Å²) in [4.78, 5) is 31.6. The molecule has 1 aliphatic heterocycles. The first-order valence-electron chi connectivity index (χ1n) is 4.77.